The molecule has 0 amide bonds. The molecular weight excluding hydrogens is 194 g/mol. The molecule has 6 heteroatoms. The normalized spacial score (nSPS) is 8.69. The standard InChI is InChI=1S/C7H4ClN3O2/c8-7(12)13-6-3-1-5(2-4-6)10-11-9/h1-4H. The Hall–Kier alpha value is -1.71. The number of halogens is 1. The number of carbonyl (C=O) groups is 1. The van der Waals surface area contributed by atoms with Gasteiger partial charge in [-0.05, 0) is 29.8 Å². The van der Waals surface area contributed by atoms with Gasteiger partial charge in [-0.2, -0.15) is 0 Å². The quantitative estimate of drug-likeness (QED) is 0.315. The first-order valence-corrected chi connectivity index (χ1v) is 3.62. The molecule has 0 unspecified atom stereocenters. The summed E-state index contributed by atoms with van der Waals surface area (Å²) in [5.41, 5.74) is 7.62. The maximum atomic E-state index is 10.3. The molecule has 0 bridgehead atoms. The molecule has 0 aliphatic heterocycles. The van der Waals surface area contributed by atoms with Crippen molar-refractivity contribution in [1.29, 1.82) is 0 Å². The third-order valence-electron chi connectivity index (χ3n) is 1.20. The minimum Gasteiger partial charge on any atom is -0.415 e. The SMILES string of the molecule is [N-]=[N+]=Nc1ccc(OC(=O)Cl)cc1. The molecule has 0 aliphatic carbocycles. The second kappa shape index (κ2) is 4.35. The zero-order valence-electron chi connectivity index (χ0n) is 6.35. The molecule has 1 rings (SSSR count). The van der Waals surface area contributed by atoms with E-state index in [-0.39, 0.29) is 0 Å². The summed E-state index contributed by atoms with van der Waals surface area (Å²) in [4.78, 5) is 12.9. The van der Waals surface area contributed by atoms with Crippen LogP contribution in [-0.2, 0) is 0 Å². The summed E-state index contributed by atoms with van der Waals surface area (Å²) in [7, 11) is 0. The van der Waals surface area contributed by atoms with E-state index in [1.807, 2.05) is 0 Å². The lowest BCUT2D eigenvalue weighted by Gasteiger charge is -1.98. The van der Waals surface area contributed by atoms with Crippen molar-refractivity contribution < 1.29 is 9.53 Å². The Kier molecular flexibility index (Phi) is 3.14. The molecule has 0 radical (unpaired) electrons. The molecule has 1 aromatic carbocycles. The Labute approximate surface area is 78.5 Å². The van der Waals surface area contributed by atoms with E-state index in [1.165, 1.54) is 24.3 Å². The highest BCUT2D eigenvalue weighted by Crippen LogP contribution is 2.18. The summed E-state index contributed by atoms with van der Waals surface area (Å²) in [5, 5.41) is 3.33. The first-order valence-electron chi connectivity index (χ1n) is 3.25. The van der Waals surface area contributed by atoms with Crippen LogP contribution in [0.15, 0.2) is 29.4 Å². The van der Waals surface area contributed by atoms with Gasteiger partial charge in [0.15, 0.2) is 0 Å². The fraction of sp³-hybridized carbons (Fsp3) is 0. The van der Waals surface area contributed by atoms with Gasteiger partial charge in [0, 0.05) is 22.2 Å². The highest BCUT2D eigenvalue weighted by Gasteiger charge is 1.98. The second-order valence-corrected chi connectivity index (χ2v) is 2.33. The van der Waals surface area contributed by atoms with E-state index in [1.54, 1.807) is 0 Å². The van der Waals surface area contributed by atoms with Gasteiger partial charge in [0.2, 0.25) is 0 Å². The molecule has 0 atom stereocenters. The van der Waals surface area contributed by atoms with Crippen LogP contribution in [0.5, 0.6) is 5.75 Å². The number of ether oxygens (including phenoxy) is 1. The lowest BCUT2D eigenvalue weighted by Crippen LogP contribution is -1.94. The maximum Gasteiger partial charge on any atom is 0.409 e. The van der Waals surface area contributed by atoms with Gasteiger partial charge < -0.3 is 4.74 Å². The molecule has 0 aromatic heterocycles. The molecule has 5 nitrogen and oxygen atoms in total. The highest BCUT2D eigenvalue weighted by atomic mass is 35.5. The van der Waals surface area contributed by atoms with Crippen molar-refractivity contribution in [3.8, 4) is 5.75 Å². The molecule has 0 N–H and O–H groups in total. The number of nitrogens with zero attached hydrogens (tertiary/aromatic N) is 3. The van der Waals surface area contributed by atoms with Gasteiger partial charge in [-0.15, -0.1) is 0 Å². The molecule has 13 heavy (non-hydrogen) atoms. The zero-order chi connectivity index (χ0) is 9.68. The van der Waals surface area contributed by atoms with E-state index in [4.69, 9.17) is 17.1 Å². The number of rotatable bonds is 2. The van der Waals surface area contributed by atoms with Gasteiger partial charge in [-0.1, -0.05) is 5.11 Å². The minimum absolute atomic E-state index is 0.303. The monoisotopic (exact) mass is 197 g/mol. The second-order valence-electron chi connectivity index (χ2n) is 2.02. The van der Waals surface area contributed by atoms with Crippen molar-refractivity contribution in [3.05, 3.63) is 34.7 Å². The molecule has 0 fully saturated rings. The van der Waals surface area contributed by atoms with Crippen LogP contribution < -0.4 is 4.74 Å². The lowest BCUT2D eigenvalue weighted by atomic mass is 10.3. The number of carbonyl (C=O) groups excluding carboxylic acids is 1. The fourth-order valence-electron chi connectivity index (χ4n) is 0.725. The van der Waals surface area contributed by atoms with Crippen molar-refractivity contribution in [2.75, 3.05) is 0 Å². The van der Waals surface area contributed by atoms with Gasteiger partial charge in [0.05, 0.1) is 0 Å². The molecule has 0 spiro atoms. The van der Waals surface area contributed by atoms with Gasteiger partial charge in [-0.25, -0.2) is 4.79 Å². The average molecular weight is 198 g/mol. The predicted octanol–water partition coefficient (Wildman–Crippen LogP) is 3.37. The summed E-state index contributed by atoms with van der Waals surface area (Å²) in [5.74, 6) is 0.303. The first kappa shape index (κ1) is 9.38. The van der Waals surface area contributed by atoms with E-state index < -0.39 is 5.43 Å². The summed E-state index contributed by atoms with van der Waals surface area (Å²) < 4.78 is 4.54. The van der Waals surface area contributed by atoms with Crippen LogP contribution in [-0.4, -0.2) is 5.43 Å². The lowest BCUT2D eigenvalue weighted by molar-refractivity contribution is 0.225. The van der Waals surface area contributed by atoms with Gasteiger partial charge in [-0.3, -0.25) is 0 Å². The van der Waals surface area contributed by atoms with E-state index in [0.717, 1.165) is 0 Å². The Morgan fingerprint density at radius 3 is 2.54 bits per heavy atom. The number of hydrogen-bond donors (Lipinski definition) is 0. The Balaban J connectivity index is 2.80. The van der Waals surface area contributed by atoms with Crippen molar-refractivity contribution in [3.63, 3.8) is 0 Å². The van der Waals surface area contributed by atoms with Crippen LogP contribution >= 0.6 is 11.6 Å². The predicted molar refractivity (Wildman–Crippen MR) is 47.1 cm³/mol. The van der Waals surface area contributed by atoms with Crippen LogP contribution in [0, 0.1) is 0 Å². The van der Waals surface area contributed by atoms with Crippen LogP contribution in [0.4, 0.5) is 10.5 Å². The Morgan fingerprint density at radius 1 is 1.46 bits per heavy atom. The number of azide groups is 1. The first-order chi connectivity index (χ1) is 6.22. The van der Waals surface area contributed by atoms with Crippen molar-refractivity contribution >= 4 is 22.7 Å². The third-order valence-corrected chi connectivity index (χ3v) is 1.27. The smallest absolute Gasteiger partial charge is 0.409 e. The van der Waals surface area contributed by atoms with E-state index >= 15 is 0 Å². The van der Waals surface area contributed by atoms with Crippen LogP contribution in [0.1, 0.15) is 0 Å². The zero-order valence-corrected chi connectivity index (χ0v) is 7.10. The molecule has 66 valence electrons. The van der Waals surface area contributed by atoms with Gasteiger partial charge in [0.25, 0.3) is 0 Å². The van der Waals surface area contributed by atoms with Crippen molar-refractivity contribution in [2.45, 2.75) is 0 Å². The number of benzene rings is 1. The van der Waals surface area contributed by atoms with Crippen molar-refractivity contribution in [2.24, 2.45) is 5.11 Å². The fourth-order valence-corrected chi connectivity index (χ4v) is 0.814. The molecule has 0 aliphatic rings. The third kappa shape index (κ3) is 3.02. The largest absolute Gasteiger partial charge is 0.415 e. The van der Waals surface area contributed by atoms with E-state index in [0.29, 0.717) is 11.4 Å². The van der Waals surface area contributed by atoms with Gasteiger partial charge in [0.1, 0.15) is 5.75 Å². The molecule has 1 aromatic rings. The summed E-state index contributed by atoms with van der Waals surface area (Å²) >= 11 is 4.97. The molecule has 0 heterocycles. The van der Waals surface area contributed by atoms with Crippen LogP contribution in [0.3, 0.4) is 0 Å². The highest BCUT2D eigenvalue weighted by molar-refractivity contribution is 6.61. The summed E-state index contributed by atoms with van der Waals surface area (Å²) in [6, 6.07) is 5.97. The average Bonchev–Trinajstić information content (AvgIpc) is 2.08. The molecular formula is C7H4ClN3O2. The Morgan fingerprint density at radius 2 is 2.08 bits per heavy atom. The van der Waals surface area contributed by atoms with Crippen LogP contribution in [0.2, 0.25) is 0 Å². The minimum atomic E-state index is -0.906. The van der Waals surface area contributed by atoms with E-state index in [9.17, 15) is 4.79 Å². The van der Waals surface area contributed by atoms with E-state index in [2.05, 4.69) is 14.8 Å². The Bertz CT molecular complexity index is 357. The van der Waals surface area contributed by atoms with Crippen molar-refractivity contribution in [1.82, 2.24) is 0 Å². The van der Waals surface area contributed by atoms with Crippen LogP contribution in [0.25, 0.3) is 10.4 Å². The molecule has 0 saturated carbocycles. The number of hydrogen-bond acceptors (Lipinski definition) is 3. The summed E-state index contributed by atoms with van der Waals surface area (Å²) in [6.07, 6.45) is 0. The van der Waals surface area contributed by atoms with Gasteiger partial charge >= 0.3 is 5.43 Å². The molecule has 0 saturated heterocycles. The summed E-state index contributed by atoms with van der Waals surface area (Å²) in [6.45, 7) is 0. The maximum absolute atomic E-state index is 10.3. The topological polar surface area (TPSA) is 75.1 Å².